The molecule has 2 N–H and O–H groups in total. The Morgan fingerprint density at radius 2 is 2.39 bits per heavy atom. The van der Waals surface area contributed by atoms with E-state index in [-0.39, 0.29) is 6.04 Å². The summed E-state index contributed by atoms with van der Waals surface area (Å²) in [6, 6.07) is 6.08. The monoisotopic (exact) mass is 267 g/mol. The minimum atomic E-state index is -0.0202. The van der Waals surface area contributed by atoms with Crippen LogP contribution < -0.4 is 10.5 Å². The van der Waals surface area contributed by atoms with Crippen LogP contribution in [-0.4, -0.2) is 25.6 Å². The minimum Gasteiger partial charge on any atom is -0.496 e. The summed E-state index contributed by atoms with van der Waals surface area (Å²) in [7, 11) is 1.69. The zero-order valence-corrected chi connectivity index (χ0v) is 11.8. The van der Waals surface area contributed by atoms with E-state index in [0.29, 0.717) is 6.10 Å². The zero-order valence-electron chi connectivity index (χ0n) is 11.0. The molecule has 1 heterocycles. The van der Waals surface area contributed by atoms with Gasteiger partial charge in [-0.25, -0.2) is 0 Å². The van der Waals surface area contributed by atoms with Gasteiger partial charge in [-0.1, -0.05) is 6.07 Å². The molecule has 4 heteroatoms. The van der Waals surface area contributed by atoms with Gasteiger partial charge in [-0.2, -0.15) is 0 Å². The highest BCUT2D eigenvalue weighted by Crippen LogP contribution is 2.35. The number of rotatable bonds is 5. The second-order valence-electron chi connectivity index (χ2n) is 4.61. The average Bonchev–Trinajstić information content (AvgIpc) is 2.88. The fourth-order valence-corrected chi connectivity index (χ4v) is 3.48. The summed E-state index contributed by atoms with van der Waals surface area (Å²) in [5.74, 6) is 1.87. The van der Waals surface area contributed by atoms with Crippen molar-refractivity contribution in [3.63, 3.8) is 0 Å². The van der Waals surface area contributed by atoms with Crippen molar-refractivity contribution in [1.82, 2.24) is 0 Å². The number of nitrogens with two attached hydrogens (primary N) is 1. The first-order chi connectivity index (χ1) is 8.72. The molecule has 0 saturated carbocycles. The first-order valence-electron chi connectivity index (χ1n) is 6.39. The summed E-state index contributed by atoms with van der Waals surface area (Å²) in [5.41, 5.74) is 7.15. The quantitative estimate of drug-likeness (QED) is 0.833. The predicted molar refractivity (Wildman–Crippen MR) is 75.3 cm³/mol. The molecule has 0 bridgehead atoms. The number of ether oxygens (including phenoxy) is 2. The second kappa shape index (κ2) is 6.45. The molecule has 1 fully saturated rings. The Morgan fingerprint density at radius 1 is 1.56 bits per heavy atom. The molecular formula is C14H21NO2S. The maximum atomic E-state index is 6.05. The maximum Gasteiger partial charge on any atom is 0.124 e. The van der Waals surface area contributed by atoms with Gasteiger partial charge < -0.3 is 15.2 Å². The Bertz CT molecular complexity index is 389. The van der Waals surface area contributed by atoms with Gasteiger partial charge in [0.1, 0.15) is 5.75 Å². The Labute approximate surface area is 113 Å². The molecule has 1 saturated heterocycles. The molecule has 100 valence electrons. The van der Waals surface area contributed by atoms with Crippen molar-refractivity contribution in [3.8, 4) is 5.75 Å². The Morgan fingerprint density at radius 3 is 3.00 bits per heavy atom. The van der Waals surface area contributed by atoms with Crippen LogP contribution in [-0.2, 0) is 4.74 Å². The molecule has 0 spiro atoms. The third kappa shape index (κ3) is 3.19. The molecule has 1 aromatic carbocycles. The fourth-order valence-electron chi connectivity index (χ4n) is 2.24. The molecule has 0 aliphatic carbocycles. The van der Waals surface area contributed by atoms with Crippen LogP contribution in [0.25, 0.3) is 0 Å². The van der Waals surface area contributed by atoms with Crippen molar-refractivity contribution >= 4 is 11.8 Å². The molecule has 2 unspecified atom stereocenters. The molecule has 0 aromatic heterocycles. The summed E-state index contributed by atoms with van der Waals surface area (Å²) in [6.45, 7) is 2.90. The Hall–Kier alpha value is -0.710. The van der Waals surface area contributed by atoms with Gasteiger partial charge in [0.2, 0.25) is 0 Å². The van der Waals surface area contributed by atoms with Gasteiger partial charge in [0.05, 0.1) is 13.2 Å². The first-order valence-corrected chi connectivity index (χ1v) is 7.38. The van der Waals surface area contributed by atoms with E-state index in [1.54, 1.807) is 7.11 Å². The van der Waals surface area contributed by atoms with Crippen molar-refractivity contribution in [2.45, 2.75) is 36.8 Å². The van der Waals surface area contributed by atoms with Crippen molar-refractivity contribution in [1.29, 1.82) is 0 Å². The molecule has 1 aromatic rings. The largest absolute Gasteiger partial charge is 0.496 e. The van der Waals surface area contributed by atoms with Crippen LogP contribution in [0.3, 0.4) is 0 Å². The standard InChI is InChI=1S/C14H21NO2S/c1-10(15)14-12(16-2)6-3-7-13(14)18-9-11-5-4-8-17-11/h3,6-7,10-11H,4-5,8-9,15H2,1-2H3. The van der Waals surface area contributed by atoms with Crippen LogP contribution in [0, 0.1) is 0 Å². The zero-order chi connectivity index (χ0) is 13.0. The third-order valence-electron chi connectivity index (χ3n) is 3.15. The van der Waals surface area contributed by atoms with Crippen molar-refractivity contribution < 1.29 is 9.47 Å². The van der Waals surface area contributed by atoms with Crippen LogP contribution in [0.2, 0.25) is 0 Å². The van der Waals surface area contributed by atoms with Gasteiger partial charge in [0.25, 0.3) is 0 Å². The fraction of sp³-hybridized carbons (Fsp3) is 0.571. The van der Waals surface area contributed by atoms with Gasteiger partial charge in [-0.3, -0.25) is 0 Å². The SMILES string of the molecule is COc1cccc(SCC2CCCO2)c1C(C)N. The molecular weight excluding hydrogens is 246 g/mol. The molecule has 18 heavy (non-hydrogen) atoms. The van der Waals surface area contributed by atoms with E-state index in [9.17, 15) is 0 Å². The molecule has 2 atom stereocenters. The number of benzene rings is 1. The van der Waals surface area contributed by atoms with Gasteiger partial charge in [0.15, 0.2) is 0 Å². The lowest BCUT2D eigenvalue weighted by atomic mass is 10.1. The molecule has 0 amide bonds. The Balaban J connectivity index is 2.10. The normalized spacial score (nSPS) is 20.9. The number of hydrogen-bond acceptors (Lipinski definition) is 4. The number of methoxy groups -OCH3 is 1. The third-order valence-corrected chi connectivity index (χ3v) is 4.36. The van der Waals surface area contributed by atoms with Gasteiger partial charge in [0, 0.05) is 28.9 Å². The van der Waals surface area contributed by atoms with E-state index < -0.39 is 0 Å². The van der Waals surface area contributed by atoms with E-state index in [1.807, 2.05) is 30.8 Å². The van der Waals surface area contributed by atoms with Crippen LogP contribution in [0.4, 0.5) is 0 Å². The highest BCUT2D eigenvalue weighted by molar-refractivity contribution is 7.99. The van der Waals surface area contributed by atoms with Gasteiger partial charge >= 0.3 is 0 Å². The average molecular weight is 267 g/mol. The van der Waals surface area contributed by atoms with Crippen LogP contribution in [0.15, 0.2) is 23.1 Å². The highest BCUT2D eigenvalue weighted by atomic mass is 32.2. The van der Waals surface area contributed by atoms with Gasteiger partial charge in [-0.15, -0.1) is 11.8 Å². The van der Waals surface area contributed by atoms with E-state index >= 15 is 0 Å². The molecule has 0 radical (unpaired) electrons. The minimum absolute atomic E-state index is 0.0202. The summed E-state index contributed by atoms with van der Waals surface area (Å²) < 4.78 is 11.0. The van der Waals surface area contributed by atoms with E-state index in [0.717, 1.165) is 23.7 Å². The summed E-state index contributed by atoms with van der Waals surface area (Å²) in [4.78, 5) is 1.21. The van der Waals surface area contributed by atoms with Crippen LogP contribution in [0.1, 0.15) is 31.4 Å². The summed E-state index contributed by atoms with van der Waals surface area (Å²) in [6.07, 6.45) is 2.75. The molecule has 1 aliphatic rings. The topological polar surface area (TPSA) is 44.5 Å². The molecule has 3 nitrogen and oxygen atoms in total. The lowest BCUT2D eigenvalue weighted by Gasteiger charge is -2.17. The van der Waals surface area contributed by atoms with Crippen LogP contribution in [0.5, 0.6) is 5.75 Å². The summed E-state index contributed by atoms with van der Waals surface area (Å²) >= 11 is 1.82. The predicted octanol–water partition coefficient (Wildman–Crippen LogP) is 2.99. The van der Waals surface area contributed by atoms with Crippen LogP contribution >= 0.6 is 11.8 Å². The number of hydrogen-bond donors (Lipinski definition) is 1. The van der Waals surface area contributed by atoms with E-state index in [1.165, 1.54) is 17.7 Å². The number of thioether (sulfide) groups is 1. The lowest BCUT2D eigenvalue weighted by Crippen LogP contribution is -2.11. The molecule has 2 rings (SSSR count). The highest BCUT2D eigenvalue weighted by Gasteiger charge is 2.18. The lowest BCUT2D eigenvalue weighted by molar-refractivity contribution is 0.129. The first kappa shape index (κ1) is 13.7. The van der Waals surface area contributed by atoms with Gasteiger partial charge in [-0.05, 0) is 31.9 Å². The smallest absolute Gasteiger partial charge is 0.124 e. The maximum absolute atomic E-state index is 6.05. The van der Waals surface area contributed by atoms with Crippen molar-refractivity contribution in [2.75, 3.05) is 19.5 Å². The van der Waals surface area contributed by atoms with E-state index in [2.05, 4.69) is 6.07 Å². The summed E-state index contributed by atoms with van der Waals surface area (Å²) in [5, 5.41) is 0. The second-order valence-corrected chi connectivity index (χ2v) is 5.67. The molecule has 1 aliphatic heterocycles. The van der Waals surface area contributed by atoms with Crippen molar-refractivity contribution in [3.05, 3.63) is 23.8 Å². The van der Waals surface area contributed by atoms with E-state index in [4.69, 9.17) is 15.2 Å². The Kier molecular flexibility index (Phi) is 4.92. The van der Waals surface area contributed by atoms with Crippen molar-refractivity contribution in [2.24, 2.45) is 5.73 Å².